The Bertz CT molecular complexity index is 320. The molecule has 2 rings (SSSR count). The summed E-state index contributed by atoms with van der Waals surface area (Å²) in [7, 11) is 2.01. The molecular formula is C11H20N4. The minimum Gasteiger partial charge on any atom is -0.311 e. The van der Waals surface area contributed by atoms with Crippen molar-refractivity contribution >= 4 is 0 Å². The molecule has 84 valence electrons. The van der Waals surface area contributed by atoms with E-state index >= 15 is 0 Å². The zero-order valence-electron chi connectivity index (χ0n) is 9.77. The minimum absolute atomic E-state index is 0.592. The SMILES string of the molecule is CC1CN(Cc2ccnn2C)C(C)CN1. The van der Waals surface area contributed by atoms with Crippen molar-refractivity contribution in [3.05, 3.63) is 18.0 Å². The van der Waals surface area contributed by atoms with E-state index in [4.69, 9.17) is 0 Å². The first-order chi connectivity index (χ1) is 7.16. The standard InChI is InChI=1S/C11H20N4/c1-9-7-15(10(2)6-12-9)8-11-4-5-13-14(11)3/h4-5,9-10,12H,6-8H2,1-3H3. The van der Waals surface area contributed by atoms with Crippen LogP contribution < -0.4 is 5.32 Å². The highest BCUT2D eigenvalue weighted by Crippen LogP contribution is 2.11. The molecule has 0 amide bonds. The lowest BCUT2D eigenvalue weighted by Crippen LogP contribution is -2.53. The molecule has 0 bridgehead atoms. The topological polar surface area (TPSA) is 33.1 Å². The Balaban J connectivity index is 2.01. The Morgan fingerprint density at radius 3 is 3.00 bits per heavy atom. The van der Waals surface area contributed by atoms with Gasteiger partial charge in [0, 0.05) is 45.0 Å². The van der Waals surface area contributed by atoms with E-state index in [1.807, 2.05) is 17.9 Å². The predicted molar refractivity (Wildman–Crippen MR) is 60.5 cm³/mol. The summed E-state index contributed by atoms with van der Waals surface area (Å²) in [5.74, 6) is 0. The second-order valence-corrected chi connectivity index (χ2v) is 4.53. The van der Waals surface area contributed by atoms with E-state index in [0.29, 0.717) is 12.1 Å². The molecule has 0 spiro atoms. The van der Waals surface area contributed by atoms with E-state index in [2.05, 4.69) is 35.2 Å². The van der Waals surface area contributed by atoms with E-state index in [-0.39, 0.29) is 0 Å². The van der Waals surface area contributed by atoms with Crippen LogP contribution in [0.5, 0.6) is 0 Å². The number of hydrogen-bond acceptors (Lipinski definition) is 3. The maximum Gasteiger partial charge on any atom is 0.0521 e. The summed E-state index contributed by atoms with van der Waals surface area (Å²) in [6, 6.07) is 3.30. The summed E-state index contributed by atoms with van der Waals surface area (Å²) in [5.41, 5.74) is 1.29. The summed E-state index contributed by atoms with van der Waals surface area (Å²) < 4.78 is 1.96. The fraction of sp³-hybridized carbons (Fsp3) is 0.727. The van der Waals surface area contributed by atoms with Crippen molar-refractivity contribution in [1.29, 1.82) is 0 Å². The lowest BCUT2D eigenvalue weighted by Gasteiger charge is -2.37. The average molecular weight is 208 g/mol. The molecule has 1 aromatic heterocycles. The average Bonchev–Trinajstić information content (AvgIpc) is 2.58. The highest BCUT2D eigenvalue weighted by molar-refractivity contribution is 5.01. The van der Waals surface area contributed by atoms with E-state index in [1.165, 1.54) is 5.69 Å². The first kappa shape index (κ1) is 10.6. The van der Waals surface area contributed by atoms with Crippen molar-refractivity contribution in [2.75, 3.05) is 13.1 Å². The van der Waals surface area contributed by atoms with Gasteiger partial charge < -0.3 is 5.32 Å². The molecule has 4 nitrogen and oxygen atoms in total. The molecule has 1 aliphatic heterocycles. The molecule has 2 unspecified atom stereocenters. The van der Waals surface area contributed by atoms with Crippen molar-refractivity contribution < 1.29 is 0 Å². The fourth-order valence-corrected chi connectivity index (χ4v) is 2.08. The van der Waals surface area contributed by atoms with Gasteiger partial charge in [0.15, 0.2) is 0 Å². The van der Waals surface area contributed by atoms with Gasteiger partial charge in [0.25, 0.3) is 0 Å². The van der Waals surface area contributed by atoms with Crippen molar-refractivity contribution in [2.45, 2.75) is 32.5 Å². The molecule has 1 aliphatic rings. The number of aromatic nitrogens is 2. The summed E-state index contributed by atoms with van der Waals surface area (Å²) in [6.45, 7) is 7.71. The number of hydrogen-bond donors (Lipinski definition) is 1. The number of piperazine rings is 1. The first-order valence-corrected chi connectivity index (χ1v) is 5.61. The number of aryl methyl sites for hydroxylation is 1. The maximum absolute atomic E-state index is 4.20. The molecule has 15 heavy (non-hydrogen) atoms. The van der Waals surface area contributed by atoms with Crippen LogP contribution in [-0.2, 0) is 13.6 Å². The molecule has 1 fully saturated rings. The van der Waals surface area contributed by atoms with Gasteiger partial charge in [-0.25, -0.2) is 0 Å². The van der Waals surface area contributed by atoms with E-state index in [9.17, 15) is 0 Å². The van der Waals surface area contributed by atoms with Crippen molar-refractivity contribution in [3.8, 4) is 0 Å². The maximum atomic E-state index is 4.20. The number of rotatable bonds is 2. The van der Waals surface area contributed by atoms with Gasteiger partial charge in [0.05, 0.1) is 5.69 Å². The molecule has 0 radical (unpaired) electrons. The largest absolute Gasteiger partial charge is 0.311 e. The number of nitrogens with one attached hydrogen (secondary N) is 1. The van der Waals surface area contributed by atoms with Gasteiger partial charge in [-0.1, -0.05) is 0 Å². The van der Waals surface area contributed by atoms with Crippen molar-refractivity contribution in [1.82, 2.24) is 20.0 Å². The van der Waals surface area contributed by atoms with E-state index in [0.717, 1.165) is 19.6 Å². The monoisotopic (exact) mass is 208 g/mol. The third-order valence-electron chi connectivity index (χ3n) is 3.18. The smallest absolute Gasteiger partial charge is 0.0521 e. The van der Waals surface area contributed by atoms with Gasteiger partial charge in [0.1, 0.15) is 0 Å². The predicted octanol–water partition coefficient (Wildman–Crippen LogP) is 0.602. The van der Waals surface area contributed by atoms with Gasteiger partial charge in [0.2, 0.25) is 0 Å². The lowest BCUT2D eigenvalue weighted by atomic mass is 10.1. The molecule has 0 aliphatic carbocycles. The third kappa shape index (κ3) is 2.38. The molecule has 2 atom stereocenters. The molecule has 0 aromatic carbocycles. The number of nitrogens with zero attached hydrogens (tertiary/aromatic N) is 3. The highest BCUT2D eigenvalue weighted by atomic mass is 15.3. The lowest BCUT2D eigenvalue weighted by molar-refractivity contribution is 0.135. The van der Waals surface area contributed by atoms with Crippen LogP contribution in [-0.4, -0.2) is 39.9 Å². The van der Waals surface area contributed by atoms with Crippen LogP contribution in [0.3, 0.4) is 0 Å². The second kappa shape index (κ2) is 4.33. The summed E-state index contributed by atoms with van der Waals surface area (Å²) >= 11 is 0. The van der Waals surface area contributed by atoms with Crippen LogP contribution >= 0.6 is 0 Å². The summed E-state index contributed by atoms with van der Waals surface area (Å²) in [5, 5.41) is 7.69. The summed E-state index contributed by atoms with van der Waals surface area (Å²) in [6.07, 6.45) is 1.87. The Labute approximate surface area is 91.3 Å². The fourth-order valence-electron chi connectivity index (χ4n) is 2.08. The third-order valence-corrected chi connectivity index (χ3v) is 3.18. The quantitative estimate of drug-likeness (QED) is 0.772. The van der Waals surface area contributed by atoms with Crippen LogP contribution in [0, 0.1) is 0 Å². The second-order valence-electron chi connectivity index (χ2n) is 4.53. The Hall–Kier alpha value is -0.870. The van der Waals surface area contributed by atoms with Crippen LogP contribution in [0.1, 0.15) is 19.5 Å². The van der Waals surface area contributed by atoms with Crippen LogP contribution in [0.25, 0.3) is 0 Å². The van der Waals surface area contributed by atoms with Gasteiger partial charge in [-0.05, 0) is 19.9 Å². The van der Waals surface area contributed by atoms with Crippen molar-refractivity contribution in [3.63, 3.8) is 0 Å². The molecule has 1 N–H and O–H groups in total. The van der Waals surface area contributed by atoms with Gasteiger partial charge >= 0.3 is 0 Å². The molecule has 0 saturated carbocycles. The van der Waals surface area contributed by atoms with Gasteiger partial charge in [-0.2, -0.15) is 5.10 Å². The van der Waals surface area contributed by atoms with E-state index < -0.39 is 0 Å². The zero-order valence-corrected chi connectivity index (χ0v) is 9.77. The molecule has 4 heteroatoms. The molecule has 1 aromatic rings. The molecular weight excluding hydrogens is 188 g/mol. The Morgan fingerprint density at radius 2 is 2.33 bits per heavy atom. The zero-order chi connectivity index (χ0) is 10.8. The van der Waals surface area contributed by atoms with Crippen LogP contribution in [0.2, 0.25) is 0 Å². The normalized spacial score (nSPS) is 28.2. The van der Waals surface area contributed by atoms with Crippen molar-refractivity contribution in [2.24, 2.45) is 7.05 Å². The molecule has 2 heterocycles. The summed E-state index contributed by atoms with van der Waals surface area (Å²) in [4.78, 5) is 2.51. The van der Waals surface area contributed by atoms with Gasteiger partial charge in [-0.3, -0.25) is 9.58 Å². The molecule has 1 saturated heterocycles. The highest BCUT2D eigenvalue weighted by Gasteiger charge is 2.22. The van der Waals surface area contributed by atoms with E-state index in [1.54, 1.807) is 0 Å². The van der Waals surface area contributed by atoms with Crippen LogP contribution in [0.4, 0.5) is 0 Å². The Morgan fingerprint density at radius 1 is 1.53 bits per heavy atom. The minimum atomic E-state index is 0.592. The Kier molecular flexibility index (Phi) is 3.07. The van der Waals surface area contributed by atoms with Gasteiger partial charge in [-0.15, -0.1) is 0 Å². The first-order valence-electron chi connectivity index (χ1n) is 5.61. The van der Waals surface area contributed by atoms with Crippen LogP contribution in [0.15, 0.2) is 12.3 Å².